The van der Waals surface area contributed by atoms with Crippen LogP contribution in [-0.4, -0.2) is 43.1 Å². The molecule has 0 radical (unpaired) electrons. The molecule has 0 amide bonds. The first kappa shape index (κ1) is 11.7. The summed E-state index contributed by atoms with van der Waals surface area (Å²) < 4.78 is 0. The van der Waals surface area contributed by atoms with E-state index in [9.17, 15) is 0 Å². The highest BCUT2D eigenvalue weighted by Gasteiger charge is 2.13. The smallest absolute Gasteiger partial charge is 0.101 e. The molecular weight excluding hydrogens is 214 g/mol. The number of nitrogens with zero attached hydrogens (tertiary/aromatic N) is 3. The molecule has 0 spiro atoms. The molecule has 1 aromatic carbocycles. The van der Waals surface area contributed by atoms with Gasteiger partial charge in [-0.15, -0.1) is 0 Å². The number of hydrogen-bond acceptors (Lipinski definition) is 5. The molecule has 1 aliphatic heterocycles. The summed E-state index contributed by atoms with van der Waals surface area (Å²) >= 11 is 0. The van der Waals surface area contributed by atoms with Crippen LogP contribution in [0.5, 0.6) is 0 Å². The largest absolute Gasteiger partial charge is 0.398 e. The Morgan fingerprint density at radius 3 is 2.59 bits per heavy atom. The summed E-state index contributed by atoms with van der Waals surface area (Å²) in [5.41, 5.74) is 11.1. The fourth-order valence-electron chi connectivity index (χ4n) is 1.83. The Morgan fingerprint density at radius 2 is 2.00 bits per heavy atom. The molecule has 1 aliphatic rings. The number of rotatable bonds is 2. The van der Waals surface area contributed by atoms with Crippen molar-refractivity contribution < 1.29 is 0 Å². The Morgan fingerprint density at radius 1 is 1.29 bits per heavy atom. The molecule has 3 N–H and O–H groups in total. The van der Waals surface area contributed by atoms with Gasteiger partial charge in [-0.25, -0.2) is 5.01 Å². The van der Waals surface area contributed by atoms with Crippen molar-refractivity contribution in [2.75, 3.05) is 44.4 Å². The van der Waals surface area contributed by atoms with E-state index in [4.69, 9.17) is 11.0 Å². The summed E-state index contributed by atoms with van der Waals surface area (Å²) in [5.74, 6) is 0. The number of hydrogen-bond donors (Lipinski definition) is 2. The van der Waals surface area contributed by atoms with Crippen molar-refractivity contribution in [3.8, 4) is 6.07 Å². The van der Waals surface area contributed by atoms with E-state index in [1.165, 1.54) is 0 Å². The van der Waals surface area contributed by atoms with E-state index in [1.54, 1.807) is 12.1 Å². The van der Waals surface area contributed by atoms with Crippen molar-refractivity contribution >= 4 is 11.4 Å². The van der Waals surface area contributed by atoms with Crippen molar-refractivity contribution in [1.82, 2.24) is 9.91 Å². The fraction of sp³-hybridized carbons (Fsp3) is 0.417. The predicted molar refractivity (Wildman–Crippen MR) is 68.3 cm³/mol. The molecule has 0 atom stereocenters. The lowest BCUT2D eigenvalue weighted by Gasteiger charge is -2.33. The zero-order chi connectivity index (χ0) is 12.3. The van der Waals surface area contributed by atoms with Gasteiger partial charge in [-0.3, -0.25) is 0 Å². The van der Waals surface area contributed by atoms with Crippen LogP contribution in [0.1, 0.15) is 5.56 Å². The molecule has 5 heteroatoms. The molecule has 0 aromatic heterocycles. The Hall–Kier alpha value is -1.77. The van der Waals surface area contributed by atoms with Gasteiger partial charge in [0.15, 0.2) is 0 Å². The van der Waals surface area contributed by atoms with Crippen LogP contribution in [0.15, 0.2) is 18.2 Å². The Bertz CT molecular complexity index is 429. The van der Waals surface area contributed by atoms with E-state index in [-0.39, 0.29) is 0 Å². The quantitative estimate of drug-likeness (QED) is 0.734. The average Bonchev–Trinajstić information content (AvgIpc) is 2.32. The number of hydrazine groups is 1. The number of nitrogens with two attached hydrogens (primary N) is 1. The van der Waals surface area contributed by atoms with Crippen molar-refractivity contribution in [2.45, 2.75) is 0 Å². The molecular formula is C12H17N5. The minimum Gasteiger partial charge on any atom is -0.398 e. The number of nitriles is 1. The van der Waals surface area contributed by atoms with Gasteiger partial charge in [0.2, 0.25) is 0 Å². The van der Waals surface area contributed by atoms with E-state index in [1.807, 2.05) is 6.07 Å². The minimum absolute atomic E-state index is 0.520. The number of benzene rings is 1. The highest BCUT2D eigenvalue weighted by molar-refractivity contribution is 5.62. The summed E-state index contributed by atoms with van der Waals surface area (Å²) in [6.07, 6.45) is 0. The van der Waals surface area contributed by atoms with E-state index in [2.05, 4.69) is 28.5 Å². The summed E-state index contributed by atoms with van der Waals surface area (Å²) in [7, 11) is 2.12. The van der Waals surface area contributed by atoms with Gasteiger partial charge in [0.05, 0.1) is 16.9 Å². The topological polar surface area (TPSA) is 68.3 Å². The third kappa shape index (κ3) is 2.87. The SMILES string of the molecule is CN1CCN(Nc2ccc(C#N)c(N)c2)CC1. The number of nitrogen functional groups attached to an aromatic ring is 1. The Balaban J connectivity index is 2.00. The number of likely N-dealkylation sites (N-methyl/N-ethyl adjacent to an activating group) is 1. The van der Waals surface area contributed by atoms with Gasteiger partial charge in [0.1, 0.15) is 6.07 Å². The van der Waals surface area contributed by atoms with Crippen LogP contribution in [0.25, 0.3) is 0 Å². The fourth-order valence-corrected chi connectivity index (χ4v) is 1.83. The van der Waals surface area contributed by atoms with E-state index >= 15 is 0 Å². The molecule has 1 saturated heterocycles. The lowest BCUT2D eigenvalue weighted by atomic mass is 10.2. The molecule has 17 heavy (non-hydrogen) atoms. The van der Waals surface area contributed by atoms with Crippen molar-refractivity contribution in [2.24, 2.45) is 0 Å². The van der Waals surface area contributed by atoms with E-state index < -0.39 is 0 Å². The van der Waals surface area contributed by atoms with Crippen molar-refractivity contribution in [1.29, 1.82) is 5.26 Å². The van der Waals surface area contributed by atoms with E-state index in [0.29, 0.717) is 11.3 Å². The monoisotopic (exact) mass is 231 g/mol. The van der Waals surface area contributed by atoms with Crippen LogP contribution in [0.2, 0.25) is 0 Å². The third-order valence-corrected chi connectivity index (χ3v) is 2.96. The number of anilines is 2. The number of piperazine rings is 1. The Kier molecular flexibility index (Phi) is 3.47. The average molecular weight is 231 g/mol. The molecule has 2 rings (SSSR count). The first-order valence-electron chi connectivity index (χ1n) is 5.69. The molecule has 0 unspecified atom stereocenters. The van der Waals surface area contributed by atoms with Gasteiger partial charge < -0.3 is 16.1 Å². The second kappa shape index (κ2) is 5.04. The van der Waals surface area contributed by atoms with Crippen LogP contribution < -0.4 is 11.2 Å². The van der Waals surface area contributed by atoms with Crippen LogP contribution in [0.3, 0.4) is 0 Å². The summed E-state index contributed by atoms with van der Waals surface area (Å²) in [4.78, 5) is 2.30. The van der Waals surface area contributed by atoms with Gasteiger partial charge in [0, 0.05) is 26.2 Å². The highest BCUT2D eigenvalue weighted by atomic mass is 15.5. The molecule has 0 aliphatic carbocycles. The zero-order valence-corrected chi connectivity index (χ0v) is 9.98. The molecule has 0 bridgehead atoms. The lowest BCUT2D eigenvalue weighted by molar-refractivity contribution is 0.179. The van der Waals surface area contributed by atoms with Gasteiger partial charge in [-0.05, 0) is 25.2 Å². The number of nitrogens with one attached hydrogen (secondary N) is 1. The molecule has 1 aromatic rings. The van der Waals surface area contributed by atoms with E-state index in [0.717, 1.165) is 31.9 Å². The molecule has 1 heterocycles. The van der Waals surface area contributed by atoms with Gasteiger partial charge >= 0.3 is 0 Å². The molecule has 90 valence electrons. The predicted octanol–water partition coefficient (Wildman–Crippen LogP) is 0.715. The van der Waals surface area contributed by atoms with Crippen LogP contribution in [0.4, 0.5) is 11.4 Å². The zero-order valence-electron chi connectivity index (χ0n) is 9.98. The normalized spacial score (nSPS) is 17.6. The first-order valence-corrected chi connectivity index (χ1v) is 5.69. The van der Waals surface area contributed by atoms with Gasteiger partial charge in [0.25, 0.3) is 0 Å². The highest BCUT2D eigenvalue weighted by Crippen LogP contribution is 2.18. The van der Waals surface area contributed by atoms with Crippen LogP contribution in [0, 0.1) is 11.3 Å². The molecule has 1 fully saturated rings. The lowest BCUT2D eigenvalue weighted by Crippen LogP contribution is -2.46. The maximum Gasteiger partial charge on any atom is 0.101 e. The molecule has 0 saturated carbocycles. The summed E-state index contributed by atoms with van der Waals surface area (Å²) in [6.45, 7) is 4.07. The minimum atomic E-state index is 0.520. The Labute approximate surface area is 101 Å². The first-order chi connectivity index (χ1) is 8.19. The summed E-state index contributed by atoms with van der Waals surface area (Å²) in [6, 6.07) is 7.49. The van der Waals surface area contributed by atoms with Gasteiger partial charge in [-0.1, -0.05) is 0 Å². The second-order valence-electron chi connectivity index (χ2n) is 4.32. The van der Waals surface area contributed by atoms with Crippen LogP contribution >= 0.6 is 0 Å². The second-order valence-corrected chi connectivity index (χ2v) is 4.32. The standard InChI is InChI=1S/C12H17N5/c1-16-4-6-17(7-5-16)15-11-3-2-10(9-13)12(14)8-11/h2-3,8,15H,4-7,14H2,1H3. The van der Waals surface area contributed by atoms with Crippen LogP contribution in [-0.2, 0) is 0 Å². The molecule has 5 nitrogen and oxygen atoms in total. The maximum absolute atomic E-state index is 8.79. The summed E-state index contributed by atoms with van der Waals surface area (Å²) in [5, 5.41) is 11.0. The van der Waals surface area contributed by atoms with Gasteiger partial charge in [-0.2, -0.15) is 5.26 Å². The maximum atomic E-state index is 8.79. The van der Waals surface area contributed by atoms with Crippen molar-refractivity contribution in [3.63, 3.8) is 0 Å². The third-order valence-electron chi connectivity index (χ3n) is 2.96. The van der Waals surface area contributed by atoms with Crippen molar-refractivity contribution in [3.05, 3.63) is 23.8 Å².